The van der Waals surface area contributed by atoms with E-state index >= 15 is 0 Å². The van der Waals surface area contributed by atoms with Crippen LogP contribution in [0.1, 0.15) is 17.4 Å². The molecule has 0 bridgehead atoms. The van der Waals surface area contributed by atoms with Gasteiger partial charge < -0.3 is 4.90 Å². The lowest BCUT2D eigenvalue weighted by Crippen LogP contribution is -2.55. The molecule has 0 unspecified atom stereocenters. The Morgan fingerprint density at radius 1 is 1.22 bits per heavy atom. The maximum Gasteiger partial charge on any atom is 0.273 e. The van der Waals surface area contributed by atoms with Crippen molar-refractivity contribution in [1.29, 1.82) is 0 Å². The van der Waals surface area contributed by atoms with E-state index in [2.05, 4.69) is 4.98 Å². The van der Waals surface area contributed by atoms with Crippen LogP contribution in [0.4, 0.5) is 0 Å². The van der Waals surface area contributed by atoms with Crippen molar-refractivity contribution in [2.75, 3.05) is 25.9 Å². The molecule has 1 saturated heterocycles. The summed E-state index contributed by atoms with van der Waals surface area (Å²) in [7, 11) is -3.24. The van der Waals surface area contributed by atoms with Crippen LogP contribution in [-0.2, 0) is 10.0 Å². The summed E-state index contributed by atoms with van der Waals surface area (Å²) in [6.07, 6.45) is 2.83. The molecule has 3 rings (SSSR count). The molecule has 7 heteroatoms. The molecule has 1 aliphatic rings. The van der Waals surface area contributed by atoms with E-state index in [1.54, 1.807) is 11.1 Å². The molecule has 1 aliphatic heterocycles. The monoisotopic (exact) mass is 333 g/mol. The normalized spacial score (nSPS) is 19.9. The molecule has 122 valence electrons. The molecule has 0 radical (unpaired) electrons. The Kier molecular flexibility index (Phi) is 4.08. The second-order valence-corrected chi connectivity index (χ2v) is 7.79. The van der Waals surface area contributed by atoms with E-state index in [1.165, 1.54) is 10.6 Å². The third kappa shape index (κ3) is 3.07. The third-order valence-electron chi connectivity index (χ3n) is 4.16. The Balaban J connectivity index is 1.87. The zero-order valence-electron chi connectivity index (χ0n) is 13.1. The SMILES string of the molecule is C[C@H]1CN(C(=O)c2nccc3ccccc23)CCN1S(C)(=O)=O. The van der Waals surface area contributed by atoms with E-state index in [4.69, 9.17) is 0 Å². The van der Waals surface area contributed by atoms with Crippen LogP contribution in [0.5, 0.6) is 0 Å². The van der Waals surface area contributed by atoms with Gasteiger partial charge in [-0.05, 0) is 18.4 Å². The number of fused-ring (bicyclic) bond motifs is 1. The van der Waals surface area contributed by atoms with Crippen LogP contribution in [0.15, 0.2) is 36.5 Å². The maximum absolute atomic E-state index is 12.8. The standard InChI is InChI=1S/C16H19N3O3S/c1-12-11-18(9-10-19(12)23(2,21)22)16(20)15-14-6-4-3-5-13(14)7-8-17-15/h3-8,12H,9-11H2,1-2H3/t12-/m0/s1. The Bertz CT molecular complexity index is 845. The lowest BCUT2D eigenvalue weighted by molar-refractivity contribution is 0.0639. The molecule has 1 fully saturated rings. The van der Waals surface area contributed by atoms with E-state index in [0.29, 0.717) is 25.3 Å². The van der Waals surface area contributed by atoms with Gasteiger partial charge in [0, 0.05) is 37.3 Å². The van der Waals surface area contributed by atoms with Crippen LogP contribution in [-0.4, -0.2) is 60.4 Å². The van der Waals surface area contributed by atoms with E-state index in [1.807, 2.05) is 37.3 Å². The first-order chi connectivity index (χ1) is 10.9. The number of benzene rings is 1. The van der Waals surface area contributed by atoms with Crippen LogP contribution in [0, 0.1) is 0 Å². The molecule has 0 spiro atoms. The predicted octanol–water partition coefficient (Wildman–Crippen LogP) is 1.34. The van der Waals surface area contributed by atoms with Crippen molar-refractivity contribution < 1.29 is 13.2 Å². The molecular weight excluding hydrogens is 314 g/mol. The summed E-state index contributed by atoms with van der Waals surface area (Å²) >= 11 is 0. The second-order valence-electron chi connectivity index (χ2n) is 5.85. The van der Waals surface area contributed by atoms with Gasteiger partial charge in [0.15, 0.2) is 0 Å². The largest absolute Gasteiger partial charge is 0.334 e. The fourth-order valence-electron chi connectivity index (χ4n) is 3.06. The number of hydrogen-bond acceptors (Lipinski definition) is 4. The second kappa shape index (κ2) is 5.90. The first-order valence-electron chi connectivity index (χ1n) is 7.48. The van der Waals surface area contributed by atoms with Gasteiger partial charge in [-0.25, -0.2) is 8.42 Å². The minimum atomic E-state index is -3.24. The highest BCUT2D eigenvalue weighted by Gasteiger charge is 2.32. The number of rotatable bonds is 2. The lowest BCUT2D eigenvalue weighted by atomic mass is 10.1. The molecule has 0 aliphatic carbocycles. The van der Waals surface area contributed by atoms with Gasteiger partial charge in [0.2, 0.25) is 10.0 Å². The van der Waals surface area contributed by atoms with Crippen LogP contribution in [0.3, 0.4) is 0 Å². The van der Waals surface area contributed by atoms with Gasteiger partial charge >= 0.3 is 0 Å². The molecule has 23 heavy (non-hydrogen) atoms. The Morgan fingerprint density at radius 3 is 2.65 bits per heavy atom. The van der Waals surface area contributed by atoms with Crippen molar-refractivity contribution in [3.8, 4) is 0 Å². The summed E-state index contributed by atoms with van der Waals surface area (Å²) in [6.45, 7) is 2.88. The van der Waals surface area contributed by atoms with E-state index < -0.39 is 10.0 Å². The average molecular weight is 333 g/mol. The van der Waals surface area contributed by atoms with Gasteiger partial charge in [0.05, 0.1) is 6.26 Å². The minimum Gasteiger partial charge on any atom is -0.334 e. The Hall–Kier alpha value is -1.99. The van der Waals surface area contributed by atoms with Crippen LogP contribution >= 0.6 is 0 Å². The quantitative estimate of drug-likeness (QED) is 0.831. The van der Waals surface area contributed by atoms with Gasteiger partial charge in [-0.3, -0.25) is 9.78 Å². The molecule has 1 atom stereocenters. The fraction of sp³-hybridized carbons (Fsp3) is 0.375. The molecule has 0 N–H and O–H groups in total. The van der Waals surface area contributed by atoms with Gasteiger partial charge in [-0.1, -0.05) is 24.3 Å². The van der Waals surface area contributed by atoms with Gasteiger partial charge in [-0.2, -0.15) is 4.31 Å². The molecule has 2 heterocycles. The highest BCUT2D eigenvalue weighted by molar-refractivity contribution is 7.88. The van der Waals surface area contributed by atoms with Gasteiger partial charge in [0.1, 0.15) is 5.69 Å². The zero-order chi connectivity index (χ0) is 16.6. The Labute approximate surface area is 135 Å². The summed E-state index contributed by atoms with van der Waals surface area (Å²) < 4.78 is 24.9. The summed E-state index contributed by atoms with van der Waals surface area (Å²) in [5.41, 5.74) is 0.420. The van der Waals surface area contributed by atoms with Crippen molar-refractivity contribution in [2.24, 2.45) is 0 Å². The summed E-state index contributed by atoms with van der Waals surface area (Å²) in [4.78, 5) is 18.7. The number of carbonyl (C=O) groups is 1. The summed E-state index contributed by atoms with van der Waals surface area (Å²) in [6, 6.07) is 9.26. The number of hydrogen-bond donors (Lipinski definition) is 0. The van der Waals surface area contributed by atoms with Crippen molar-refractivity contribution in [3.05, 3.63) is 42.2 Å². The number of carbonyl (C=O) groups excluding carboxylic acids is 1. The first kappa shape index (κ1) is 15.9. The minimum absolute atomic E-state index is 0.151. The van der Waals surface area contributed by atoms with Crippen molar-refractivity contribution in [3.63, 3.8) is 0 Å². The average Bonchev–Trinajstić information content (AvgIpc) is 2.52. The smallest absolute Gasteiger partial charge is 0.273 e. The summed E-state index contributed by atoms with van der Waals surface area (Å²) in [5, 5.41) is 1.78. The van der Waals surface area contributed by atoms with Crippen molar-refractivity contribution in [1.82, 2.24) is 14.2 Å². The molecule has 2 aromatic rings. The van der Waals surface area contributed by atoms with Gasteiger partial charge in [-0.15, -0.1) is 0 Å². The molecule has 1 aromatic heterocycles. The van der Waals surface area contributed by atoms with E-state index in [0.717, 1.165) is 10.8 Å². The maximum atomic E-state index is 12.8. The summed E-state index contributed by atoms with van der Waals surface area (Å²) in [5.74, 6) is -0.151. The van der Waals surface area contributed by atoms with Crippen LogP contribution < -0.4 is 0 Å². The topological polar surface area (TPSA) is 70.6 Å². The number of aromatic nitrogens is 1. The van der Waals surface area contributed by atoms with Crippen molar-refractivity contribution in [2.45, 2.75) is 13.0 Å². The zero-order valence-corrected chi connectivity index (χ0v) is 14.0. The van der Waals surface area contributed by atoms with Crippen molar-refractivity contribution >= 4 is 26.7 Å². The van der Waals surface area contributed by atoms with Crippen LogP contribution in [0.25, 0.3) is 10.8 Å². The number of nitrogens with zero attached hydrogens (tertiary/aromatic N) is 3. The lowest BCUT2D eigenvalue weighted by Gasteiger charge is -2.38. The van der Waals surface area contributed by atoms with E-state index in [-0.39, 0.29) is 11.9 Å². The predicted molar refractivity (Wildman–Crippen MR) is 88.7 cm³/mol. The van der Waals surface area contributed by atoms with Gasteiger partial charge in [0.25, 0.3) is 5.91 Å². The molecule has 1 aromatic carbocycles. The van der Waals surface area contributed by atoms with Crippen LogP contribution in [0.2, 0.25) is 0 Å². The Morgan fingerprint density at radius 2 is 1.96 bits per heavy atom. The number of piperazine rings is 1. The highest BCUT2D eigenvalue weighted by Crippen LogP contribution is 2.20. The molecule has 1 amide bonds. The number of sulfonamides is 1. The molecule has 0 saturated carbocycles. The van der Waals surface area contributed by atoms with E-state index in [9.17, 15) is 13.2 Å². The molecular formula is C16H19N3O3S. The first-order valence-corrected chi connectivity index (χ1v) is 9.32. The molecule has 6 nitrogen and oxygen atoms in total. The third-order valence-corrected chi connectivity index (χ3v) is 5.55. The fourth-order valence-corrected chi connectivity index (χ4v) is 4.19. The highest BCUT2D eigenvalue weighted by atomic mass is 32.2. The number of pyridine rings is 1. The number of amides is 1.